The number of carbonyl (C=O) groups is 1. The third kappa shape index (κ3) is 4.05. The second-order valence-electron chi connectivity index (χ2n) is 4.49. The molecule has 0 saturated heterocycles. The zero-order valence-corrected chi connectivity index (χ0v) is 12.5. The van der Waals surface area contributed by atoms with E-state index >= 15 is 0 Å². The first-order valence-electron chi connectivity index (χ1n) is 6.44. The molecule has 114 valence electrons. The summed E-state index contributed by atoms with van der Waals surface area (Å²) in [5, 5.41) is 12.7. The summed E-state index contributed by atoms with van der Waals surface area (Å²) in [6, 6.07) is 11.9. The fraction of sp³-hybridized carbons (Fsp3) is 0.133. The Balaban J connectivity index is 2.04. The van der Waals surface area contributed by atoms with E-state index in [0.29, 0.717) is 10.6 Å². The lowest BCUT2D eigenvalue weighted by Crippen LogP contribution is -2.22. The van der Waals surface area contributed by atoms with Gasteiger partial charge in [0.25, 0.3) is 5.69 Å². The maximum atomic E-state index is 13.6. The van der Waals surface area contributed by atoms with Crippen LogP contribution in [0.1, 0.15) is 6.92 Å². The molecule has 2 rings (SSSR count). The number of thioether (sulfide) groups is 1. The minimum Gasteiger partial charge on any atom is -0.325 e. The van der Waals surface area contributed by atoms with Gasteiger partial charge in [-0.25, -0.2) is 4.39 Å². The zero-order valence-electron chi connectivity index (χ0n) is 11.7. The fourth-order valence-electron chi connectivity index (χ4n) is 1.73. The molecule has 0 aliphatic carbocycles. The Morgan fingerprint density at radius 1 is 1.27 bits per heavy atom. The normalized spacial score (nSPS) is 11.7. The molecule has 0 heterocycles. The molecule has 7 heteroatoms. The van der Waals surface area contributed by atoms with E-state index in [-0.39, 0.29) is 17.4 Å². The summed E-state index contributed by atoms with van der Waals surface area (Å²) < 4.78 is 13.6. The first-order chi connectivity index (χ1) is 10.5. The number of halogens is 1. The molecule has 0 aromatic heterocycles. The Morgan fingerprint density at radius 3 is 2.68 bits per heavy atom. The lowest BCUT2D eigenvalue weighted by molar-refractivity contribution is -0.384. The van der Waals surface area contributed by atoms with Crippen molar-refractivity contribution in [3.63, 3.8) is 0 Å². The number of rotatable bonds is 5. The van der Waals surface area contributed by atoms with Crippen molar-refractivity contribution in [2.75, 3.05) is 5.32 Å². The number of anilines is 1. The first-order valence-corrected chi connectivity index (χ1v) is 7.32. The van der Waals surface area contributed by atoms with E-state index in [0.717, 1.165) is 11.8 Å². The zero-order chi connectivity index (χ0) is 16.1. The molecule has 5 nitrogen and oxygen atoms in total. The predicted molar refractivity (Wildman–Crippen MR) is 83.4 cm³/mol. The number of non-ortho nitro benzene ring substituents is 1. The highest BCUT2D eigenvalue weighted by Gasteiger charge is 2.17. The number of nitro groups is 1. The van der Waals surface area contributed by atoms with Gasteiger partial charge in [-0.3, -0.25) is 14.9 Å². The molecule has 0 radical (unpaired) electrons. The summed E-state index contributed by atoms with van der Waals surface area (Å²) in [5.41, 5.74) is 0.229. The van der Waals surface area contributed by atoms with Crippen LogP contribution >= 0.6 is 11.8 Å². The van der Waals surface area contributed by atoms with Crippen LogP contribution in [0.15, 0.2) is 53.4 Å². The highest BCUT2D eigenvalue weighted by molar-refractivity contribution is 8.00. The van der Waals surface area contributed by atoms with Crippen molar-refractivity contribution in [1.82, 2.24) is 0 Å². The number of carbonyl (C=O) groups excluding carboxylic acids is 1. The number of nitrogens with one attached hydrogen (secondary N) is 1. The van der Waals surface area contributed by atoms with Gasteiger partial charge in [0.1, 0.15) is 5.82 Å². The topological polar surface area (TPSA) is 72.2 Å². The highest BCUT2D eigenvalue weighted by atomic mass is 32.2. The van der Waals surface area contributed by atoms with Gasteiger partial charge in [0.2, 0.25) is 5.91 Å². The molecule has 0 aliphatic heterocycles. The van der Waals surface area contributed by atoms with Crippen molar-refractivity contribution in [2.24, 2.45) is 0 Å². The van der Waals surface area contributed by atoms with Gasteiger partial charge in [-0.05, 0) is 25.1 Å². The van der Waals surface area contributed by atoms with Crippen LogP contribution in [0, 0.1) is 15.9 Å². The Kier molecular flexibility index (Phi) is 5.11. The molecule has 0 fully saturated rings. The second kappa shape index (κ2) is 7.04. The van der Waals surface area contributed by atoms with Crippen LogP contribution in [0.2, 0.25) is 0 Å². The van der Waals surface area contributed by atoms with Crippen molar-refractivity contribution in [3.05, 3.63) is 64.5 Å². The van der Waals surface area contributed by atoms with Gasteiger partial charge in [-0.1, -0.05) is 18.2 Å². The van der Waals surface area contributed by atoms with Crippen LogP contribution in [0.5, 0.6) is 0 Å². The maximum Gasteiger partial charge on any atom is 0.271 e. The molecule has 2 aromatic rings. The van der Waals surface area contributed by atoms with Gasteiger partial charge in [-0.15, -0.1) is 11.8 Å². The minimum atomic E-state index is -0.545. The van der Waals surface area contributed by atoms with Crippen molar-refractivity contribution < 1.29 is 14.1 Å². The Bertz CT molecular complexity index is 709. The predicted octanol–water partition coefficient (Wildman–Crippen LogP) is 3.85. The summed E-state index contributed by atoms with van der Waals surface area (Å²) in [5.74, 6) is -0.740. The number of nitro benzene ring substituents is 1. The van der Waals surface area contributed by atoms with Gasteiger partial charge < -0.3 is 5.32 Å². The molecule has 22 heavy (non-hydrogen) atoms. The standard InChI is InChI=1S/C15H13FN2O3S/c1-10(22-14-8-3-2-7-13(14)16)15(19)17-11-5-4-6-12(9-11)18(20)21/h2-10H,1H3,(H,17,19). The first kappa shape index (κ1) is 16.0. The van der Waals surface area contributed by atoms with Gasteiger partial charge in [0, 0.05) is 22.7 Å². The van der Waals surface area contributed by atoms with Gasteiger partial charge in [-0.2, -0.15) is 0 Å². The summed E-state index contributed by atoms with van der Waals surface area (Å²) in [6.45, 7) is 1.64. The molecule has 1 atom stereocenters. The van der Waals surface area contributed by atoms with Crippen molar-refractivity contribution >= 4 is 29.0 Å². The number of amides is 1. The maximum absolute atomic E-state index is 13.6. The Hall–Kier alpha value is -2.41. The second-order valence-corrected chi connectivity index (χ2v) is 5.87. The van der Waals surface area contributed by atoms with Gasteiger partial charge in [0.15, 0.2) is 0 Å². The molecule has 0 saturated carbocycles. The van der Waals surface area contributed by atoms with Gasteiger partial charge >= 0.3 is 0 Å². The minimum absolute atomic E-state index is 0.104. The van der Waals surface area contributed by atoms with Crippen LogP contribution in [0.25, 0.3) is 0 Å². The molecule has 1 unspecified atom stereocenters. The Labute approximate surface area is 130 Å². The molecule has 1 amide bonds. The smallest absolute Gasteiger partial charge is 0.271 e. The summed E-state index contributed by atoms with van der Waals surface area (Å²) >= 11 is 1.09. The van der Waals surface area contributed by atoms with Crippen LogP contribution in [0.4, 0.5) is 15.8 Å². The number of hydrogen-bond donors (Lipinski definition) is 1. The molecule has 0 aliphatic rings. The molecule has 0 spiro atoms. The van der Waals surface area contributed by atoms with E-state index in [4.69, 9.17) is 0 Å². The average molecular weight is 320 g/mol. The van der Waals surface area contributed by atoms with Crippen LogP contribution in [-0.4, -0.2) is 16.1 Å². The van der Waals surface area contributed by atoms with E-state index in [9.17, 15) is 19.3 Å². The van der Waals surface area contributed by atoms with Gasteiger partial charge in [0.05, 0.1) is 10.2 Å². The van der Waals surface area contributed by atoms with Crippen molar-refractivity contribution in [3.8, 4) is 0 Å². The quantitative estimate of drug-likeness (QED) is 0.516. The van der Waals surface area contributed by atoms with E-state index in [1.54, 1.807) is 31.2 Å². The average Bonchev–Trinajstić information content (AvgIpc) is 2.49. The molecule has 2 aromatic carbocycles. The monoisotopic (exact) mass is 320 g/mol. The summed E-state index contributed by atoms with van der Waals surface area (Å²) in [7, 11) is 0. The fourth-order valence-corrected chi connectivity index (χ4v) is 2.61. The van der Waals surface area contributed by atoms with E-state index < -0.39 is 10.2 Å². The number of benzene rings is 2. The lowest BCUT2D eigenvalue weighted by Gasteiger charge is -2.12. The number of nitrogens with zero attached hydrogens (tertiary/aromatic N) is 1. The molecular formula is C15H13FN2O3S. The summed E-state index contributed by atoms with van der Waals surface area (Å²) in [4.78, 5) is 22.6. The summed E-state index contributed by atoms with van der Waals surface area (Å²) in [6.07, 6.45) is 0. The molecule has 0 bridgehead atoms. The van der Waals surface area contributed by atoms with Crippen molar-refractivity contribution in [1.29, 1.82) is 0 Å². The largest absolute Gasteiger partial charge is 0.325 e. The third-order valence-electron chi connectivity index (χ3n) is 2.83. The molecule has 1 N–H and O–H groups in total. The van der Waals surface area contributed by atoms with E-state index in [2.05, 4.69) is 5.32 Å². The van der Waals surface area contributed by atoms with E-state index in [1.165, 1.54) is 24.3 Å². The van der Waals surface area contributed by atoms with Crippen LogP contribution in [-0.2, 0) is 4.79 Å². The highest BCUT2D eigenvalue weighted by Crippen LogP contribution is 2.27. The van der Waals surface area contributed by atoms with Crippen LogP contribution < -0.4 is 5.32 Å². The van der Waals surface area contributed by atoms with Crippen LogP contribution in [0.3, 0.4) is 0 Å². The van der Waals surface area contributed by atoms with Crippen molar-refractivity contribution in [2.45, 2.75) is 17.1 Å². The number of hydrogen-bond acceptors (Lipinski definition) is 4. The van der Waals surface area contributed by atoms with E-state index in [1.807, 2.05) is 0 Å². The molecular weight excluding hydrogens is 307 g/mol. The Morgan fingerprint density at radius 2 is 2.00 bits per heavy atom. The lowest BCUT2D eigenvalue weighted by atomic mass is 10.2. The SMILES string of the molecule is CC(Sc1ccccc1F)C(=O)Nc1cccc([N+](=O)[O-])c1. The third-order valence-corrected chi connectivity index (χ3v) is 3.99.